The Morgan fingerprint density at radius 3 is 2.38 bits per heavy atom. The molecule has 3 amide bonds. The van der Waals surface area contributed by atoms with E-state index in [-0.39, 0.29) is 16.3 Å². The van der Waals surface area contributed by atoms with Gasteiger partial charge >= 0.3 is 6.18 Å². The van der Waals surface area contributed by atoms with Crippen molar-refractivity contribution in [2.45, 2.75) is 12.8 Å². The molecule has 0 aliphatic carbocycles. The minimum Gasteiger partial charge on any atom is -0.495 e. The normalized spacial score (nSPS) is 14.6. The largest absolute Gasteiger partial charge is 0.495 e. The molecule has 0 spiro atoms. The minimum absolute atomic E-state index is 0.00495. The Balaban J connectivity index is 1.38. The molecule has 3 aromatic rings. The van der Waals surface area contributed by atoms with Crippen molar-refractivity contribution in [2.75, 3.05) is 19.0 Å². The van der Waals surface area contributed by atoms with Crippen LogP contribution in [0.1, 0.15) is 16.7 Å². The molecule has 39 heavy (non-hydrogen) atoms. The lowest BCUT2D eigenvalue weighted by Crippen LogP contribution is -2.36. The van der Waals surface area contributed by atoms with E-state index in [4.69, 9.17) is 9.47 Å². The van der Waals surface area contributed by atoms with Crippen molar-refractivity contribution in [1.29, 1.82) is 0 Å². The fraction of sp³-hybridized carbons (Fsp3) is 0.148. The van der Waals surface area contributed by atoms with Gasteiger partial charge < -0.3 is 14.8 Å². The molecule has 12 heteroatoms. The fourth-order valence-corrected chi connectivity index (χ4v) is 4.61. The van der Waals surface area contributed by atoms with Gasteiger partial charge in [0.2, 0.25) is 5.91 Å². The molecule has 1 N–H and O–H groups in total. The number of hydrogen-bond donors (Lipinski definition) is 1. The second-order valence-corrected chi connectivity index (χ2v) is 10.1. The molecule has 1 aliphatic heterocycles. The van der Waals surface area contributed by atoms with Crippen molar-refractivity contribution in [3.8, 4) is 11.5 Å². The number of benzene rings is 3. The third-order valence-electron chi connectivity index (χ3n) is 5.47. The maximum Gasteiger partial charge on any atom is 0.416 e. The minimum atomic E-state index is -4.63. The molecule has 4 rings (SSSR count). The molecule has 1 fully saturated rings. The van der Waals surface area contributed by atoms with Crippen molar-refractivity contribution in [3.05, 3.63) is 92.8 Å². The van der Waals surface area contributed by atoms with Gasteiger partial charge in [0.05, 0.1) is 23.3 Å². The van der Waals surface area contributed by atoms with Crippen LogP contribution in [0.5, 0.6) is 11.5 Å². The van der Waals surface area contributed by atoms with Gasteiger partial charge in [-0.25, -0.2) is 0 Å². The highest BCUT2D eigenvalue weighted by atomic mass is 79.9. The Bertz CT molecular complexity index is 1430. The molecular weight excluding hydrogens is 601 g/mol. The number of thioether (sulfide) groups is 1. The molecule has 1 saturated heterocycles. The van der Waals surface area contributed by atoms with E-state index in [9.17, 15) is 27.6 Å². The van der Waals surface area contributed by atoms with Gasteiger partial charge in [-0.05, 0) is 71.4 Å². The zero-order chi connectivity index (χ0) is 28.2. The highest BCUT2D eigenvalue weighted by Crippen LogP contribution is 2.36. The first kappa shape index (κ1) is 28.2. The summed E-state index contributed by atoms with van der Waals surface area (Å²) in [7, 11) is 1.24. The Kier molecular flexibility index (Phi) is 8.66. The van der Waals surface area contributed by atoms with Gasteiger partial charge in [0.1, 0.15) is 24.7 Å². The highest BCUT2D eigenvalue weighted by molar-refractivity contribution is 9.10. The van der Waals surface area contributed by atoms with E-state index in [1.54, 1.807) is 24.3 Å². The number of alkyl halides is 3. The third-order valence-corrected chi connectivity index (χ3v) is 6.91. The molecule has 0 atom stereocenters. The number of anilines is 1. The number of halogens is 4. The van der Waals surface area contributed by atoms with Crippen molar-refractivity contribution in [2.24, 2.45) is 0 Å². The van der Waals surface area contributed by atoms with E-state index in [1.165, 1.54) is 13.2 Å². The molecule has 1 heterocycles. The number of carbonyl (C=O) groups excluding carboxylic acids is 3. The molecule has 0 saturated carbocycles. The second kappa shape index (κ2) is 12.0. The van der Waals surface area contributed by atoms with Crippen molar-refractivity contribution >= 4 is 56.5 Å². The number of amides is 3. The molecule has 0 aromatic heterocycles. The zero-order valence-corrected chi connectivity index (χ0v) is 22.7. The predicted octanol–water partition coefficient (Wildman–Crippen LogP) is 6.73. The summed E-state index contributed by atoms with van der Waals surface area (Å²) in [5.41, 5.74) is 0.404. The first-order chi connectivity index (χ1) is 18.5. The number of carbonyl (C=O) groups is 3. The van der Waals surface area contributed by atoms with Crippen LogP contribution in [-0.2, 0) is 22.4 Å². The second-order valence-electron chi connectivity index (χ2n) is 8.21. The average Bonchev–Trinajstić information content (AvgIpc) is 3.15. The monoisotopic (exact) mass is 620 g/mol. The van der Waals surface area contributed by atoms with Crippen LogP contribution in [0.2, 0.25) is 0 Å². The number of ether oxygens (including phenoxy) is 2. The summed E-state index contributed by atoms with van der Waals surface area (Å²) in [6.45, 7) is -0.301. The molecule has 3 aromatic carbocycles. The summed E-state index contributed by atoms with van der Waals surface area (Å²) < 4.78 is 50.9. The van der Waals surface area contributed by atoms with Crippen LogP contribution in [0.3, 0.4) is 0 Å². The van der Waals surface area contributed by atoms with Crippen LogP contribution in [0, 0.1) is 0 Å². The third kappa shape index (κ3) is 7.21. The number of imide groups is 1. The summed E-state index contributed by atoms with van der Waals surface area (Å²) in [5, 5.41) is 1.61. The zero-order valence-electron chi connectivity index (χ0n) is 20.3. The quantitative estimate of drug-likeness (QED) is 0.281. The summed E-state index contributed by atoms with van der Waals surface area (Å²) >= 11 is 4.04. The molecular formula is C27H20BrF3N2O5S. The molecule has 7 nitrogen and oxygen atoms in total. The van der Waals surface area contributed by atoms with Crippen molar-refractivity contribution < 1.29 is 37.0 Å². The van der Waals surface area contributed by atoms with Crippen LogP contribution < -0.4 is 14.8 Å². The Morgan fingerprint density at radius 1 is 1.05 bits per heavy atom. The summed E-state index contributed by atoms with van der Waals surface area (Å²) in [6, 6.07) is 17.2. The lowest BCUT2D eigenvalue weighted by atomic mass is 10.1. The Labute approximate surface area is 234 Å². The molecule has 0 radical (unpaired) electrons. The van der Waals surface area contributed by atoms with Crippen molar-refractivity contribution in [3.63, 3.8) is 0 Å². The van der Waals surface area contributed by atoms with E-state index in [1.807, 2.05) is 24.3 Å². The lowest BCUT2D eigenvalue weighted by molar-refractivity contribution is -0.137. The first-order valence-corrected chi connectivity index (χ1v) is 12.9. The van der Waals surface area contributed by atoms with Crippen LogP contribution >= 0.6 is 27.7 Å². The predicted molar refractivity (Wildman–Crippen MR) is 144 cm³/mol. The Morgan fingerprint density at radius 2 is 1.74 bits per heavy atom. The number of hydrogen-bond acceptors (Lipinski definition) is 6. The topological polar surface area (TPSA) is 84.9 Å². The summed E-state index contributed by atoms with van der Waals surface area (Å²) in [4.78, 5) is 38.6. The van der Waals surface area contributed by atoms with Crippen LogP contribution in [-0.4, -0.2) is 35.6 Å². The van der Waals surface area contributed by atoms with Gasteiger partial charge in [0, 0.05) is 4.47 Å². The maximum absolute atomic E-state index is 13.1. The molecule has 1 aliphatic rings. The van der Waals surface area contributed by atoms with Crippen LogP contribution in [0.15, 0.2) is 76.1 Å². The highest BCUT2D eigenvalue weighted by Gasteiger charge is 2.37. The molecule has 202 valence electrons. The number of rotatable bonds is 8. The smallest absolute Gasteiger partial charge is 0.416 e. The van der Waals surface area contributed by atoms with Gasteiger partial charge in [-0.1, -0.05) is 40.2 Å². The van der Waals surface area contributed by atoms with Crippen LogP contribution in [0.25, 0.3) is 6.08 Å². The first-order valence-electron chi connectivity index (χ1n) is 11.3. The number of nitrogens with zero attached hydrogens (tertiary/aromatic N) is 1. The Hall–Kier alpha value is -3.77. The standard InChI is InChI=1S/C27H20BrF3N2O5S/c1-37-22-11-6-18(27(29,30)31)13-21(22)32-24(34)14-33-25(35)23(39-26(33)36)12-16-4-9-20(10-5-16)38-15-17-2-7-19(28)8-3-17/h2-13H,14-15H2,1H3,(H,32,34)/b23-12-. The molecule has 0 unspecified atom stereocenters. The van der Waals surface area contributed by atoms with Gasteiger partial charge in [0.25, 0.3) is 11.1 Å². The van der Waals surface area contributed by atoms with Crippen molar-refractivity contribution in [1.82, 2.24) is 4.90 Å². The fourth-order valence-electron chi connectivity index (χ4n) is 3.51. The van der Waals surface area contributed by atoms with E-state index in [2.05, 4.69) is 21.2 Å². The van der Waals surface area contributed by atoms with Gasteiger partial charge in [-0.15, -0.1) is 0 Å². The SMILES string of the molecule is COc1ccc(C(F)(F)F)cc1NC(=O)CN1C(=O)S/C(=C\c2ccc(OCc3ccc(Br)cc3)cc2)C1=O. The van der Waals surface area contributed by atoms with E-state index < -0.39 is 35.3 Å². The van der Waals surface area contributed by atoms with E-state index >= 15 is 0 Å². The molecule has 0 bridgehead atoms. The number of methoxy groups -OCH3 is 1. The van der Waals surface area contributed by atoms with E-state index in [0.717, 1.165) is 33.1 Å². The summed E-state index contributed by atoms with van der Waals surface area (Å²) in [6.07, 6.45) is -3.12. The summed E-state index contributed by atoms with van der Waals surface area (Å²) in [5.74, 6) is -0.935. The van der Waals surface area contributed by atoms with Gasteiger partial charge in [-0.3, -0.25) is 19.3 Å². The lowest BCUT2D eigenvalue weighted by Gasteiger charge is -2.16. The number of nitrogens with one attached hydrogen (secondary N) is 1. The van der Waals surface area contributed by atoms with Gasteiger partial charge in [-0.2, -0.15) is 13.2 Å². The van der Waals surface area contributed by atoms with E-state index in [0.29, 0.717) is 29.7 Å². The average molecular weight is 621 g/mol. The maximum atomic E-state index is 13.1. The van der Waals surface area contributed by atoms with Crippen LogP contribution in [0.4, 0.5) is 23.7 Å². The van der Waals surface area contributed by atoms with Gasteiger partial charge in [0.15, 0.2) is 0 Å².